The number of hydrogen-bond donors (Lipinski definition) is 2. The normalized spacial score (nSPS) is 10.1. The molecular weight excluding hydrogens is 320 g/mol. The highest BCUT2D eigenvalue weighted by molar-refractivity contribution is 5.96. The number of anilines is 3. The third-order valence-electron chi connectivity index (χ3n) is 3.39. The van der Waals surface area contributed by atoms with Gasteiger partial charge in [-0.1, -0.05) is 30.3 Å². The molecule has 1 heterocycles. The molecule has 0 atom stereocenters. The van der Waals surface area contributed by atoms with E-state index in [0.717, 1.165) is 0 Å². The Labute approximate surface area is 144 Å². The van der Waals surface area contributed by atoms with Crippen LogP contribution in [0, 0.1) is 0 Å². The molecule has 0 spiro atoms. The molecule has 0 amide bonds. The Balaban J connectivity index is 1.90. The number of carbonyl (C=O) groups is 1. The van der Waals surface area contributed by atoms with Gasteiger partial charge in [-0.25, -0.2) is 9.78 Å². The smallest absolute Gasteiger partial charge is 0.339 e. The average molecular weight is 336 g/mol. The molecular formula is C18H16N4O3. The van der Waals surface area contributed by atoms with Crippen LogP contribution >= 0.6 is 0 Å². The Morgan fingerprint density at radius 1 is 1.04 bits per heavy atom. The van der Waals surface area contributed by atoms with Gasteiger partial charge in [-0.05, 0) is 24.3 Å². The van der Waals surface area contributed by atoms with Crippen LogP contribution in [-0.4, -0.2) is 23.0 Å². The van der Waals surface area contributed by atoms with E-state index in [9.17, 15) is 4.79 Å². The van der Waals surface area contributed by atoms with Crippen LogP contribution < -0.4 is 15.8 Å². The van der Waals surface area contributed by atoms with E-state index in [1.807, 2.05) is 18.2 Å². The molecule has 0 unspecified atom stereocenters. The summed E-state index contributed by atoms with van der Waals surface area (Å²) >= 11 is 0. The minimum atomic E-state index is -0.462. The Morgan fingerprint density at radius 2 is 1.76 bits per heavy atom. The number of para-hydroxylation sites is 2. The number of nitrogens with zero attached hydrogens (tertiary/aromatic N) is 2. The lowest BCUT2D eigenvalue weighted by atomic mass is 10.2. The minimum Gasteiger partial charge on any atom is -0.465 e. The fourth-order valence-corrected chi connectivity index (χ4v) is 2.17. The number of hydrogen-bond acceptors (Lipinski definition) is 7. The number of nitrogens with one attached hydrogen (secondary N) is 1. The van der Waals surface area contributed by atoms with E-state index in [-0.39, 0.29) is 11.6 Å². The van der Waals surface area contributed by atoms with Gasteiger partial charge in [-0.2, -0.15) is 4.98 Å². The van der Waals surface area contributed by atoms with Crippen LogP contribution in [0.2, 0.25) is 0 Å². The van der Waals surface area contributed by atoms with Gasteiger partial charge in [0.2, 0.25) is 5.88 Å². The summed E-state index contributed by atoms with van der Waals surface area (Å²) in [7, 11) is 1.32. The first kappa shape index (κ1) is 16.3. The zero-order valence-electron chi connectivity index (χ0n) is 13.5. The Kier molecular flexibility index (Phi) is 4.75. The molecule has 0 fully saturated rings. The van der Waals surface area contributed by atoms with E-state index in [1.165, 1.54) is 13.4 Å². The van der Waals surface area contributed by atoms with Crippen LogP contribution in [0.25, 0.3) is 0 Å². The lowest BCUT2D eigenvalue weighted by Crippen LogP contribution is -2.08. The maximum Gasteiger partial charge on any atom is 0.339 e. The van der Waals surface area contributed by atoms with Crippen molar-refractivity contribution < 1.29 is 14.3 Å². The van der Waals surface area contributed by atoms with Crippen molar-refractivity contribution in [2.24, 2.45) is 0 Å². The lowest BCUT2D eigenvalue weighted by Gasteiger charge is -2.13. The number of esters is 1. The van der Waals surface area contributed by atoms with Crippen LogP contribution in [0.1, 0.15) is 10.4 Å². The van der Waals surface area contributed by atoms with Crippen molar-refractivity contribution in [3.05, 3.63) is 66.5 Å². The summed E-state index contributed by atoms with van der Waals surface area (Å²) in [6.45, 7) is 0. The number of nitrogen functional groups attached to an aromatic ring is 1. The second-order valence-electron chi connectivity index (χ2n) is 5.02. The second kappa shape index (κ2) is 7.31. The summed E-state index contributed by atoms with van der Waals surface area (Å²) in [5, 5.41) is 3.03. The van der Waals surface area contributed by atoms with Gasteiger partial charge in [0.1, 0.15) is 17.8 Å². The van der Waals surface area contributed by atoms with Gasteiger partial charge in [0.05, 0.1) is 18.4 Å². The standard InChI is InChI=1S/C18H16N4O3/c1-24-18(23)13-9-5-6-10-14(13)22-16-15(19)17(21-11-20-16)25-12-7-3-2-4-8-12/h2-11H,19H2,1H3,(H,20,21,22). The molecule has 3 rings (SSSR count). The first-order valence-corrected chi connectivity index (χ1v) is 7.47. The van der Waals surface area contributed by atoms with Gasteiger partial charge in [-0.15, -0.1) is 0 Å². The minimum absolute atomic E-state index is 0.222. The third kappa shape index (κ3) is 3.66. The van der Waals surface area contributed by atoms with Crippen molar-refractivity contribution in [2.75, 3.05) is 18.2 Å². The zero-order chi connectivity index (χ0) is 17.6. The van der Waals surface area contributed by atoms with Crippen LogP contribution in [0.3, 0.4) is 0 Å². The number of ether oxygens (including phenoxy) is 2. The van der Waals surface area contributed by atoms with E-state index >= 15 is 0 Å². The van der Waals surface area contributed by atoms with Gasteiger partial charge in [0, 0.05) is 0 Å². The quantitative estimate of drug-likeness (QED) is 0.689. The second-order valence-corrected chi connectivity index (χ2v) is 5.02. The highest BCUT2D eigenvalue weighted by Gasteiger charge is 2.15. The lowest BCUT2D eigenvalue weighted by molar-refractivity contribution is 0.0602. The van der Waals surface area contributed by atoms with Crippen molar-refractivity contribution in [1.82, 2.24) is 9.97 Å². The number of aromatic nitrogens is 2. The molecule has 0 bridgehead atoms. The van der Waals surface area contributed by atoms with Crippen molar-refractivity contribution in [3.63, 3.8) is 0 Å². The fourth-order valence-electron chi connectivity index (χ4n) is 2.17. The number of benzene rings is 2. The van der Waals surface area contributed by atoms with Gasteiger partial charge in [-0.3, -0.25) is 0 Å². The molecule has 2 aromatic carbocycles. The first-order valence-electron chi connectivity index (χ1n) is 7.47. The molecule has 0 saturated heterocycles. The van der Waals surface area contributed by atoms with Crippen LogP contribution in [0.15, 0.2) is 60.9 Å². The summed E-state index contributed by atoms with van der Waals surface area (Å²) in [6.07, 6.45) is 1.33. The maximum absolute atomic E-state index is 11.9. The van der Waals surface area contributed by atoms with Crippen molar-refractivity contribution in [2.45, 2.75) is 0 Å². The van der Waals surface area contributed by atoms with Crippen molar-refractivity contribution in [3.8, 4) is 11.6 Å². The molecule has 0 aliphatic carbocycles. The van der Waals surface area contributed by atoms with E-state index < -0.39 is 5.97 Å². The topological polar surface area (TPSA) is 99.4 Å². The Bertz CT molecular complexity index is 884. The average Bonchev–Trinajstić information content (AvgIpc) is 2.65. The van der Waals surface area contributed by atoms with E-state index in [1.54, 1.807) is 36.4 Å². The highest BCUT2D eigenvalue weighted by Crippen LogP contribution is 2.31. The van der Waals surface area contributed by atoms with E-state index in [2.05, 4.69) is 15.3 Å². The summed E-state index contributed by atoms with van der Waals surface area (Å²) in [4.78, 5) is 20.0. The van der Waals surface area contributed by atoms with Crippen LogP contribution in [0.4, 0.5) is 17.2 Å². The van der Waals surface area contributed by atoms with Crippen LogP contribution in [-0.2, 0) is 4.74 Å². The van der Waals surface area contributed by atoms with Gasteiger partial charge in [0.25, 0.3) is 0 Å². The monoisotopic (exact) mass is 336 g/mol. The van der Waals surface area contributed by atoms with Gasteiger partial charge >= 0.3 is 5.97 Å². The molecule has 0 radical (unpaired) electrons. The zero-order valence-corrected chi connectivity index (χ0v) is 13.5. The number of nitrogens with two attached hydrogens (primary N) is 1. The van der Waals surface area contributed by atoms with E-state index in [4.69, 9.17) is 15.2 Å². The summed E-state index contributed by atoms with van der Waals surface area (Å²) in [5.41, 5.74) is 7.22. The summed E-state index contributed by atoms with van der Waals surface area (Å²) in [5.74, 6) is 0.696. The number of carbonyl (C=O) groups excluding carboxylic acids is 1. The summed E-state index contributed by atoms with van der Waals surface area (Å²) < 4.78 is 10.5. The van der Waals surface area contributed by atoms with E-state index in [0.29, 0.717) is 22.8 Å². The predicted molar refractivity (Wildman–Crippen MR) is 94.0 cm³/mol. The van der Waals surface area contributed by atoms with Crippen LogP contribution in [0.5, 0.6) is 11.6 Å². The molecule has 0 aliphatic rings. The Hall–Kier alpha value is -3.61. The van der Waals surface area contributed by atoms with Crippen molar-refractivity contribution >= 4 is 23.2 Å². The van der Waals surface area contributed by atoms with Gasteiger partial charge < -0.3 is 20.5 Å². The number of rotatable bonds is 5. The predicted octanol–water partition coefficient (Wildman–Crippen LogP) is 3.38. The SMILES string of the molecule is COC(=O)c1ccccc1Nc1ncnc(Oc2ccccc2)c1N. The number of methoxy groups -OCH3 is 1. The molecule has 126 valence electrons. The molecule has 1 aromatic heterocycles. The summed E-state index contributed by atoms with van der Waals surface area (Å²) in [6, 6.07) is 16.1. The highest BCUT2D eigenvalue weighted by atomic mass is 16.5. The molecule has 3 aromatic rings. The molecule has 0 aliphatic heterocycles. The third-order valence-corrected chi connectivity index (χ3v) is 3.39. The molecule has 0 saturated carbocycles. The fraction of sp³-hybridized carbons (Fsp3) is 0.0556. The first-order chi connectivity index (χ1) is 12.2. The molecule has 3 N–H and O–H groups in total. The largest absolute Gasteiger partial charge is 0.465 e. The Morgan fingerprint density at radius 3 is 2.52 bits per heavy atom. The van der Waals surface area contributed by atoms with Crippen molar-refractivity contribution in [1.29, 1.82) is 0 Å². The molecule has 7 heteroatoms. The van der Waals surface area contributed by atoms with Gasteiger partial charge in [0.15, 0.2) is 5.82 Å². The molecule has 25 heavy (non-hydrogen) atoms. The molecule has 7 nitrogen and oxygen atoms in total. The maximum atomic E-state index is 11.9.